The van der Waals surface area contributed by atoms with Crippen LogP contribution in [0.3, 0.4) is 0 Å². The summed E-state index contributed by atoms with van der Waals surface area (Å²) < 4.78 is 23.2. The number of amides is 1. The second kappa shape index (κ2) is 10.3. The molecule has 10 nitrogen and oxygen atoms in total. The Kier molecular flexibility index (Phi) is 6.98. The van der Waals surface area contributed by atoms with E-state index < -0.39 is 0 Å². The molecule has 1 N–H and O–H groups in total. The number of methoxy groups -OCH3 is 3. The number of nitrogens with zero attached hydrogens (tertiary/aromatic N) is 4. The number of hydrogen-bond donors (Lipinski definition) is 1. The van der Waals surface area contributed by atoms with Crippen molar-refractivity contribution in [2.45, 2.75) is 0 Å². The monoisotopic (exact) mass is 483 g/mol. The highest BCUT2D eigenvalue weighted by atomic mass is 35.5. The normalized spacial score (nSPS) is 10.7. The molecule has 2 aromatic carbocycles. The maximum absolute atomic E-state index is 12.5. The number of nitrogens with one attached hydrogen (secondary N) is 1. The van der Waals surface area contributed by atoms with Gasteiger partial charge in [-0.25, -0.2) is 0 Å². The molecule has 4 rings (SSSR count). The third-order valence-electron chi connectivity index (χ3n) is 4.92. The zero-order chi connectivity index (χ0) is 24.1. The zero-order valence-corrected chi connectivity index (χ0v) is 19.5. The zero-order valence-electron chi connectivity index (χ0n) is 18.7. The lowest BCUT2D eigenvalue weighted by atomic mass is 10.2. The number of ether oxygens (including phenoxy) is 4. The maximum atomic E-state index is 12.5. The Morgan fingerprint density at radius 1 is 0.941 bits per heavy atom. The first-order valence-corrected chi connectivity index (χ1v) is 10.6. The summed E-state index contributed by atoms with van der Waals surface area (Å²) in [5.74, 6) is 2.16. The van der Waals surface area contributed by atoms with E-state index in [0.717, 1.165) is 5.56 Å². The highest BCUT2D eigenvalue weighted by Gasteiger charge is 2.15. The summed E-state index contributed by atoms with van der Waals surface area (Å²) in [6, 6.07) is 13.7. The van der Waals surface area contributed by atoms with Crippen LogP contribution in [-0.4, -0.2) is 60.2 Å². The number of fused-ring (bicyclic) bond motifs is 1. The Labute approximate surface area is 200 Å². The molecule has 1 amide bonds. The van der Waals surface area contributed by atoms with E-state index in [9.17, 15) is 4.79 Å². The number of carbonyl (C=O) groups excluding carboxylic acids is 1. The Morgan fingerprint density at radius 2 is 1.71 bits per heavy atom. The fraction of sp³-hybridized carbons (Fsp3) is 0.217. The molecular formula is C23H22ClN5O5. The standard InChI is InChI=1S/C23H22ClN5O5/c1-31-17-7-5-15(24)13-16(17)23(30)25-10-11-34-21-9-8-20-26-27-22(29(20)28-21)14-4-6-18(32-2)19(12-14)33-3/h4-9,12-13H,10-11H2,1-3H3,(H,25,30). The molecule has 2 heterocycles. The molecule has 0 saturated heterocycles. The Hall–Kier alpha value is -4.05. The van der Waals surface area contributed by atoms with Gasteiger partial charge in [0, 0.05) is 16.7 Å². The van der Waals surface area contributed by atoms with E-state index >= 15 is 0 Å². The molecule has 34 heavy (non-hydrogen) atoms. The molecule has 0 unspecified atom stereocenters. The van der Waals surface area contributed by atoms with Crippen LogP contribution in [0.2, 0.25) is 5.02 Å². The van der Waals surface area contributed by atoms with Crippen LogP contribution in [0.1, 0.15) is 10.4 Å². The van der Waals surface area contributed by atoms with Crippen molar-refractivity contribution in [2.24, 2.45) is 0 Å². The molecule has 0 aliphatic carbocycles. The molecule has 0 aliphatic rings. The summed E-state index contributed by atoms with van der Waals surface area (Å²) >= 11 is 5.99. The largest absolute Gasteiger partial charge is 0.496 e. The van der Waals surface area contributed by atoms with Crippen molar-refractivity contribution in [2.75, 3.05) is 34.5 Å². The fourth-order valence-corrected chi connectivity index (χ4v) is 3.45. The lowest BCUT2D eigenvalue weighted by Crippen LogP contribution is -2.28. The van der Waals surface area contributed by atoms with E-state index in [1.165, 1.54) is 7.11 Å². The lowest BCUT2D eigenvalue weighted by Gasteiger charge is -2.11. The second-order valence-corrected chi connectivity index (χ2v) is 7.42. The Bertz CT molecular complexity index is 1330. The van der Waals surface area contributed by atoms with Gasteiger partial charge in [-0.3, -0.25) is 4.79 Å². The molecule has 0 atom stereocenters. The third kappa shape index (κ3) is 4.81. The van der Waals surface area contributed by atoms with E-state index in [-0.39, 0.29) is 19.1 Å². The molecule has 4 aromatic rings. The van der Waals surface area contributed by atoms with E-state index in [2.05, 4.69) is 20.6 Å². The first kappa shape index (κ1) is 23.1. The van der Waals surface area contributed by atoms with Gasteiger partial charge in [0.15, 0.2) is 23.0 Å². The number of carbonyl (C=O) groups is 1. The van der Waals surface area contributed by atoms with E-state index in [1.807, 2.05) is 6.07 Å². The van der Waals surface area contributed by atoms with Gasteiger partial charge in [0.05, 0.1) is 33.4 Å². The number of benzene rings is 2. The van der Waals surface area contributed by atoms with Gasteiger partial charge in [0.1, 0.15) is 12.4 Å². The molecule has 0 spiro atoms. The molecule has 2 aromatic heterocycles. The van der Waals surface area contributed by atoms with Crippen molar-refractivity contribution in [3.8, 4) is 34.5 Å². The highest BCUT2D eigenvalue weighted by Crippen LogP contribution is 2.31. The summed E-state index contributed by atoms with van der Waals surface area (Å²) in [6.07, 6.45) is 0. The first-order valence-electron chi connectivity index (χ1n) is 10.2. The van der Waals surface area contributed by atoms with Crippen LogP contribution >= 0.6 is 11.6 Å². The van der Waals surface area contributed by atoms with E-state index in [1.54, 1.807) is 61.2 Å². The average molecular weight is 484 g/mol. The van der Waals surface area contributed by atoms with Gasteiger partial charge < -0.3 is 24.3 Å². The predicted molar refractivity (Wildman–Crippen MR) is 125 cm³/mol. The van der Waals surface area contributed by atoms with Crippen molar-refractivity contribution in [1.29, 1.82) is 0 Å². The smallest absolute Gasteiger partial charge is 0.255 e. The van der Waals surface area contributed by atoms with Crippen LogP contribution in [0.15, 0.2) is 48.5 Å². The molecule has 0 radical (unpaired) electrons. The maximum Gasteiger partial charge on any atom is 0.255 e. The van der Waals surface area contributed by atoms with Crippen molar-refractivity contribution in [1.82, 2.24) is 25.1 Å². The summed E-state index contributed by atoms with van der Waals surface area (Å²) in [5, 5.41) is 16.1. The molecule has 0 fully saturated rings. The average Bonchev–Trinajstić information content (AvgIpc) is 3.29. The molecule has 0 bridgehead atoms. The predicted octanol–water partition coefficient (Wildman–Crippen LogP) is 3.28. The second-order valence-electron chi connectivity index (χ2n) is 6.98. The van der Waals surface area contributed by atoms with Gasteiger partial charge in [0.25, 0.3) is 5.91 Å². The molecular weight excluding hydrogens is 462 g/mol. The van der Waals surface area contributed by atoms with Crippen LogP contribution in [-0.2, 0) is 0 Å². The highest BCUT2D eigenvalue weighted by molar-refractivity contribution is 6.31. The van der Waals surface area contributed by atoms with Crippen LogP contribution in [0, 0.1) is 0 Å². The van der Waals surface area contributed by atoms with Gasteiger partial charge in [-0.05, 0) is 42.5 Å². The minimum Gasteiger partial charge on any atom is -0.496 e. The van der Waals surface area contributed by atoms with Crippen molar-refractivity contribution < 1.29 is 23.7 Å². The molecule has 176 valence electrons. The topological polar surface area (TPSA) is 109 Å². The van der Waals surface area contributed by atoms with Crippen LogP contribution < -0.4 is 24.3 Å². The van der Waals surface area contributed by atoms with Crippen molar-refractivity contribution in [3.63, 3.8) is 0 Å². The van der Waals surface area contributed by atoms with Gasteiger partial charge >= 0.3 is 0 Å². The summed E-state index contributed by atoms with van der Waals surface area (Å²) in [6.45, 7) is 0.444. The minimum absolute atomic E-state index is 0.195. The van der Waals surface area contributed by atoms with Gasteiger partial charge in [-0.15, -0.1) is 15.3 Å². The molecule has 0 saturated carbocycles. The number of halogens is 1. The molecule has 0 aliphatic heterocycles. The quantitative estimate of drug-likeness (QED) is 0.361. The third-order valence-corrected chi connectivity index (χ3v) is 5.16. The lowest BCUT2D eigenvalue weighted by molar-refractivity contribution is 0.0943. The summed E-state index contributed by atoms with van der Waals surface area (Å²) in [4.78, 5) is 12.5. The van der Waals surface area contributed by atoms with Crippen molar-refractivity contribution >= 4 is 23.2 Å². The minimum atomic E-state index is -0.319. The van der Waals surface area contributed by atoms with Gasteiger partial charge in [0.2, 0.25) is 5.88 Å². The Morgan fingerprint density at radius 3 is 2.47 bits per heavy atom. The van der Waals surface area contributed by atoms with Gasteiger partial charge in [-0.2, -0.15) is 4.52 Å². The number of rotatable bonds is 9. The van der Waals surface area contributed by atoms with Crippen LogP contribution in [0.4, 0.5) is 0 Å². The summed E-state index contributed by atoms with van der Waals surface area (Å²) in [7, 11) is 4.63. The number of aromatic nitrogens is 4. The summed E-state index contributed by atoms with van der Waals surface area (Å²) in [5.41, 5.74) is 1.65. The van der Waals surface area contributed by atoms with Crippen molar-refractivity contribution in [3.05, 3.63) is 59.1 Å². The number of hydrogen-bond acceptors (Lipinski definition) is 8. The van der Waals surface area contributed by atoms with Crippen LogP contribution in [0.25, 0.3) is 17.0 Å². The fourth-order valence-electron chi connectivity index (χ4n) is 3.28. The van der Waals surface area contributed by atoms with E-state index in [4.69, 9.17) is 30.5 Å². The molecule has 11 heteroatoms. The Balaban J connectivity index is 1.44. The first-order chi connectivity index (χ1) is 16.5. The van der Waals surface area contributed by atoms with Crippen LogP contribution in [0.5, 0.6) is 23.1 Å². The van der Waals surface area contributed by atoms with Gasteiger partial charge in [-0.1, -0.05) is 11.6 Å². The SMILES string of the molecule is COc1ccc(-c2nnc3ccc(OCCNC(=O)c4cc(Cl)ccc4OC)nn23)cc1OC. The van der Waals surface area contributed by atoms with E-state index in [0.29, 0.717) is 45.2 Å².